The van der Waals surface area contributed by atoms with Crippen LogP contribution in [0.25, 0.3) is 5.82 Å². The minimum atomic E-state index is -0.147. The summed E-state index contributed by atoms with van der Waals surface area (Å²) in [5, 5.41) is 13.1. The monoisotopic (exact) mass is 392 g/mol. The highest BCUT2D eigenvalue weighted by atomic mass is 19.1. The third kappa shape index (κ3) is 3.45. The van der Waals surface area contributed by atoms with Gasteiger partial charge in [0.15, 0.2) is 11.6 Å². The second kappa shape index (κ2) is 7.46. The molecule has 4 heterocycles. The molecule has 1 saturated heterocycles. The maximum absolute atomic E-state index is 13.7. The summed E-state index contributed by atoms with van der Waals surface area (Å²) >= 11 is 0. The van der Waals surface area contributed by atoms with Crippen molar-refractivity contribution in [2.24, 2.45) is 0 Å². The van der Waals surface area contributed by atoms with Gasteiger partial charge < -0.3 is 9.80 Å². The van der Waals surface area contributed by atoms with E-state index in [0.717, 1.165) is 62.6 Å². The van der Waals surface area contributed by atoms with E-state index in [1.165, 1.54) is 11.1 Å². The maximum Gasteiger partial charge on any atom is 0.175 e. The summed E-state index contributed by atoms with van der Waals surface area (Å²) in [5.41, 5.74) is 3.53. The van der Waals surface area contributed by atoms with Crippen LogP contribution in [0, 0.1) is 5.82 Å². The number of anilines is 2. The van der Waals surface area contributed by atoms with Crippen molar-refractivity contribution in [3.63, 3.8) is 0 Å². The van der Waals surface area contributed by atoms with Crippen molar-refractivity contribution in [2.75, 3.05) is 29.4 Å². The Kier molecular flexibility index (Phi) is 4.66. The molecule has 2 aliphatic heterocycles. The number of halogens is 1. The van der Waals surface area contributed by atoms with Gasteiger partial charge in [-0.1, -0.05) is 13.0 Å². The average molecular weight is 392 g/mol. The zero-order valence-corrected chi connectivity index (χ0v) is 16.6. The fourth-order valence-corrected chi connectivity index (χ4v) is 4.44. The zero-order chi connectivity index (χ0) is 19.8. The van der Waals surface area contributed by atoms with Gasteiger partial charge in [-0.05, 0) is 61.1 Å². The number of aryl methyl sites for hydroxylation is 1. The molecule has 2 aromatic heterocycles. The minimum absolute atomic E-state index is 0.147. The normalized spacial score (nSPS) is 17.0. The summed E-state index contributed by atoms with van der Waals surface area (Å²) in [6, 6.07) is 9.65. The lowest BCUT2D eigenvalue weighted by molar-refractivity contribution is 0.469. The predicted molar refractivity (Wildman–Crippen MR) is 111 cm³/mol. The Balaban J connectivity index is 1.24. The minimum Gasteiger partial charge on any atom is -0.368 e. The summed E-state index contributed by atoms with van der Waals surface area (Å²) in [4.78, 5) is 4.68. The number of piperidine rings is 1. The number of hydrogen-bond donors (Lipinski definition) is 0. The molecule has 6 nitrogen and oxygen atoms in total. The van der Waals surface area contributed by atoms with E-state index < -0.39 is 0 Å². The van der Waals surface area contributed by atoms with E-state index >= 15 is 0 Å². The molecule has 0 bridgehead atoms. The molecule has 150 valence electrons. The molecule has 0 aliphatic carbocycles. The van der Waals surface area contributed by atoms with E-state index in [1.807, 2.05) is 30.6 Å². The van der Waals surface area contributed by atoms with E-state index in [4.69, 9.17) is 0 Å². The molecule has 0 amide bonds. The molecule has 5 rings (SSSR count). The highest BCUT2D eigenvalue weighted by molar-refractivity contribution is 5.59. The highest BCUT2D eigenvalue weighted by Crippen LogP contribution is 2.33. The standard InChI is InChI=1S/C22H25FN6/c1-2-16-14-24-29(15-16)22-6-5-21(25-26-22)27-10-8-19(9-11-27)28-12-7-17-3-4-18(23)13-20(17)28/h3-6,13-15,19H,2,7-12H2,1H3. The molecule has 7 heteroatoms. The van der Waals surface area contributed by atoms with Crippen LogP contribution < -0.4 is 9.80 Å². The van der Waals surface area contributed by atoms with Gasteiger partial charge in [0.1, 0.15) is 5.82 Å². The van der Waals surface area contributed by atoms with Gasteiger partial charge in [0.05, 0.1) is 6.20 Å². The topological polar surface area (TPSA) is 50.1 Å². The third-order valence-electron chi connectivity index (χ3n) is 6.12. The molecule has 0 unspecified atom stereocenters. The molecular weight excluding hydrogens is 367 g/mol. The number of nitrogens with zero attached hydrogens (tertiary/aromatic N) is 6. The Hall–Kier alpha value is -2.96. The molecule has 0 N–H and O–H groups in total. The predicted octanol–water partition coefficient (Wildman–Crippen LogP) is 3.40. The molecule has 1 aromatic carbocycles. The maximum atomic E-state index is 13.7. The van der Waals surface area contributed by atoms with Gasteiger partial charge >= 0.3 is 0 Å². The molecule has 2 aliphatic rings. The molecule has 29 heavy (non-hydrogen) atoms. The van der Waals surface area contributed by atoms with Crippen LogP contribution in [0.15, 0.2) is 42.7 Å². The Morgan fingerprint density at radius 2 is 1.83 bits per heavy atom. The second-order valence-electron chi connectivity index (χ2n) is 7.83. The van der Waals surface area contributed by atoms with Crippen molar-refractivity contribution in [1.29, 1.82) is 0 Å². The van der Waals surface area contributed by atoms with Crippen LogP contribution in [0.5, 0.6) is 0 Å². The first-order valence-corrected chi connectivity index (χ1v) is 10.4. The van der Waals surface area contributed by atoms with Gasteiger partial charge in [0.2, 0.25) is 0 Å². The smallest absolute Gasteiger partial charge is 0.175 e. The number of rotatable bonds is 4. The van der Waals surface area contributed by atoms with Gasteiger partial charge in [0.25, 0.3) is 0 Å². The van der Waals surface area contributed by atoms with Crippen molar-refractivity contribution in [2.45, 2.75) is 38.6 Å². The summed E-state index contributed by atoms with van der Waals surface area (Å²) in [7, 11) is 0. The molecule has 0 spiro atoms. The molecular formula is C22H25FN6. The Morgan fingerprint density at radius 3 is 2.55 bits per heavy atom. The molecule has 1 fully saturated rings. The Morgan fingerprint density at radius 1 is 1.03 bits per heavy atom. The second-order valence-corrected chi connectivity index (χ2v) is 7.83. The summed E-state index contributed by atoms with van der Waals surface area (Å²) in [5.74, 6) is 1.49. The third-order valence-corrected chi connectivity index (χ3v) is 6.12. The fourth-order valence-electron chi connectivity index (χ4n) is 4.44. The van der Waals surface area contributed by atoms with Gasteiger partial charge in [-0.2, -0.15) is 5.10 Å². The SMILES string of the molecule is CCc1cnn(-c2ccc(N3CCC(N4CCc5ccc(F)cc54)CC3)nn2)c1. The lowest BCUT2D eigenvalue weighted by Crippen LogP contribution is -2.44. The van der Waals surface area contributed by atoms with Crippen molar-refractivity contribution < 1.29 is 4.39 Å². The molecule has 0 saturated carbocycles. The van der Waals surface area contributed by atoms with Crippen LogP contribution in [0.3, 0.4) is 0 Å². The van der Waals surface area contributed by atoms with Crippen LogP contribution in [0.2, 0.25) is 0 Å². The van der Waals surface area contributed by atoms with E-state index in [9.17, 15) is 4.39 Å². The van der Waals surface area contributed by atoms with E-state index in [2.05, 4.69) is 32.0 Å². The van der Waals surface area contributed by atoms with Crippen LogP contribution in [-0.4, -0.2) is 45.7 Å². The molecule has 0 radical (unpaired) electrons. The van der Waals surface area contributed by atoms with Crippen LogP contribution in [-0.2, 0) is 12.8 Å². The Bertz CT molecular complexity index is 991. The lowest BCUT2D eigenvalue weighted by atomic mass is 10.0. The zero-order valence-electron chi connectivity index (χ0n) is 16.6. The summed E-state index contributed by atoms with van der Waals surface area (Å²) in [6.07, 6.45) is 7.90. The number of fused-ring (bicyclic) bond motifs is 1. The molecule has 0 atom stereocenters. The largest absolute Gasteiger partial charge is 0.368 e. The first kappa shape index (κ1) is 18.1. The first-order valence-electron chi connectivity index (χ1n) is 10.4. The van der Waals surface area contributed by atoms with Gasteiger partial charge in [0, 0.05) is 37.6 Å². The average Bonchev–Trinajstić information content (AvgIpc) is 3.41. The lowest BCUT2D eigenvalue weighted by Gasteiger charge is -2.38. The van der Waals surface area contributed by atoms with Crippen LogP contribution in [0.4, 0.5) is 15.9 Å². The van der Waals surface area contributed by atoms with Gasteiger partial charge in [-0.25, -0.2) is 9.07 Å². The van der Waals surface area contributed by atoms with Crippen molar-refractivity contribution in [3.05, 3.63) is 59.7 Å². The highest BCUT2D eigenvalue weighted by Gasteiger charge is 2.30. The molecule has 3 aromatic rings. The van der Waals surface area contributed by atoms with Crippen LogP contribution >= 0.6 is 0 Å². The first-order chi connectivity index (χ1) is 14.2. The van der Waals surface area contributed by atoms with E-state index in [-0.39, 0.29) is 5.82 Å². The van der Waals surface area contributed by atoms with Crippen molar-refractivity contribution >= 4 is 11.5 Å². The summed E-state index contributed by atoms with van der Waals surface area (Å²) in [6.45, 7) is 4.96. The fraction of sp³-hybridized carbons (Fsp3) is 0.409. The van der Waals surface area contributed by atoms with E-state index in [1.54, 1.807) is 16.8 Å². The van der Waals surface area contributed by atoms with Gasteiger partial charge in [-0.15, -0.1) is 10.2 Å². The Labute approximate surface area is 170 Å². The quantitative estimate of drug-likeness (QED) is 0.681. The number of benzene rings is 1. The van der Waals surface area contributed by atoms with Gasteiger partial charge in [-0.3, -0.25) is 0 Å². The number of hydrogen-bond acceptors (Lipinski definition) is 5. The van der Waals surface area contributed by atoms with Crippen LogP contribution in [0.1, 0.15) is 30.9 Å². The van der Waals surface area contributed by atoms with Crippen molar-refractivity contribution in [1.82, 2.24) is 20.0 Å². The van der Waals surface area contributed by atoms with Crippen molar-refractivity contribution in [3.8, 4) is 5.82 Å². The van der Waals surface area contributed by atoms with E-state index in [0.29, 0.717) is 6.04 Å². The number of aromatic nitrogens is 4. The summed E-state index contributed by atoms with van der Waals surface area (Å²) < 4.78 is 15.5.